The van der Waals surface area contributed by atoms with Crippen LogP contribution in [0.3, 0.4) is 0 Å². The number of aromatic nitrogens is 2. The molecule has 0 saturated carbocycles. The first-order valence-corrected chi connectivity index (χ1v) is 6.16. The van der Waals surface area contributed by atoms with Crippen molar-refractivity contribution in [2.24, 2.45) is 0 Å². The van der Waals surface area contributed by atoms with Crippen molar-refractivity contribution >= 4 is 17.4 Å². The molecule has 0 fully saturated rings. The summed E-state index contributed by atoms with van der Waals surface area (Å²) in [6, 6.07) is 8.04. The number of benzene rings is 1. The highest BCUT2D eigenvalue weighted by atomic mass is 35.5. The van der Waals surface area contributed by atoms with E-state index in [-0.39, 0.29) is 10.8 Å². The molecule has 3 rings (SSSR count). The molecule has 0 radical (unpaired) electrons. The lowest BCUT2D eigenvalue weighted by Gasteiger charge is -2.04. The molecule has 0 aliphatic carbocycles. The molecular weight excluding hydrogens is 281 g/mol. The molecule has 2 N–H and O–H groups in total. The largest absolute Gasteiger partial charge is 0.380 e. The molecule has 100 valence electrons. The third kappa shape index (κ3) is 2.02. The van der Waals surface area contributed by atoms with E-state index in [1.54, 1.807) is 30.6 Å². The Morgan fingerprint density at radius 3 is 2.80 bits per heavy atom. The maximum Gasteiger partial charge on any atom is 0.178 e. The van der Waals surface area contributed by atoms with E-state index in [9.17, 15) is 4.39 Å². The van der Waals surface area contributed by atoms with Crippen LogP contribution >= 0.6 is 11.6 Å². The summed E-state index contributed by atoms with van der Waals surface area (Å²) in [6.07, 6.45) is 3.27. The van der Waals surface area contributed by atoms with Crippen LogP contribution in [0, 0.1) is 5.82 Å². The van der Waals surface area contributed by atoms with Crippen molar-refractivity contribution in [3.05, 3.63) is 53.6 Å². The van der Waals surface area contributed by atoms with E-state index in [1.165, 1.54) is 6.07 Å². The predicted octanol–water partition coefficient (Wildman–Crippen LogP) is 3.78. The van der Waals surface area contributed by atoms with Gasteiger partial charge >= 0.3 is 0 Å². The van der Waals surface area contributed by atoms with Crippen LogP contribution < -0.4 is 5.73 Å². The lowest BCUT2D eigenvalue weighted by molar-refractivity contribution is 0.436. The summed E-state index contributed by atoms with van der Waals surface area (Å²) in [4.78, 5) is 4.02. The molecule has 4 nitrogen and oxygen atoms in total. The number of halogens is 2. The summed E-state index contributed by atoms with van der Waals surface area (Å²) in [7, 11) is 0. The van der Waals surface area contributed by atoms with Gasteiger partial charge in [0.05, 0.1) is 10.6 Å². The van der Waals surface area contributed by atoms with Gasteiger partial charge in [-0.1, -0.05) is 28.9 Å². The van der Waals surface area contributed by atoms with Gasteiger partial charge in [0.15, 0.2) is 11.6 Å². The van der Waals surface area contributed by atoms with Crippen LogP contribution in [0.4, 0.5) is 10.2 Å². The average Bonchev–Trinajstić information content (AvgIpc) is 2.84. The van der Waals surface area contributed by atoms with E-state index >= 15 is 0 Å². The third-order valence-electron chi connectivity index (χ3n) is 2.86. The molecule has 2 aromatic heterocycles. The van der Waals surface area contributed by atoms with Gasteiger partial charge in [-0.25, -0.2) is 4.39 Å². The molecular formula is C14H9ClFN3O. The fourth-order valence-corrected chi connectivity index (χ4v) is 2.17. The second-order valence-electron chi connectivity index (χ2n) is 4.12. The molecule has 0 bridgehead atoms. The molecule has 0 amide bonds. The van der Waals surface area contributed by atoms with E-state index in [0.29, 0.717) is 16.9 Å². The summed E-state index contributed by atoms with van der Waals surface area (Å²) >= 11 is 5.98. The Hall–Kier alpha value is -2.40. The first kappa shape index (κ1) is 12.6. The molecule has 0 saturated heterocycles. The smallest absolute Gasteiger partial charge is 0.178 e. The van der Waals surface area contributed by atoms with E-state index in [2.05, 4.69) is 10.1 Å². The third-order valence-corrected chi connectivity index (χ3v) is 3.25. The molecule has 0 aliphatic heterocycles. The highest BCUT2D eigenvalue weighted by Crippen LogP contribution is 2.39. The highest BCUT2D eigenvalue weighted by Gasteiger charge is 2.20. The number of pyridine rings is 1. The van der Waals surface area contributed by atoms with Gasteiger partial charge in [0, 0.05) is 23.5 Å². The number of anilines is 1. The van der Waals surface area contributed by atoms with Crippen molar-refractivity contribution < 1.29 is 8.91 Å². The Morgan fingerprint density at radius 1 is 1.20 bits per heavy atom. The zero-order valence-electron chi connectivity index (χ0n) is 10.2. The summed E-state index contributed by atoms with van der Waals surface area (Å²) in [6.45, 7) is 0. The van der Waals surface area contributed by atoms with E-state index in [0.717, 1.165) is 5.56 Å². The second kappa shape index (κ2) is 4.94. The Morgan fingerprint density at radius 2 is 2.05 bits per heavy atom. The van der Waals surface area contributed by atoms with Crippen molar-refractivity contribution in [3.63, 3.8) is 0 Å². The van der Waals surface area contributed by atoms with Crippen LogP contribution in [-0.2, 0) is 0 Å². The standard InChI is InChI=1S/C14H9ClFN3O/c15-12-9(4-1-5-10(12)16)13-11(14(17)19-20-13)8-3-2-6-18-7-8/h1-7H,(H2,17,19). The lowest BCUT2D eigenvalue weighted by Crippen LogP contribution is -1.90. The van der Waals surface area contributed by atoms with Crippen LogP contribution in [0.25, 0.3) is 22.5 Å². The number of hydrogen-bond acceptors (Lipinski definition) is 4. The number of nitrogen functional groups attached to an aromatic ring is 1. The monoisotopic (exact) mass is 289 g/mol. The van der Waals surface area contributed by atoms with Crippen LogP contribution in [-0.4, -0.2) is 10.1 Å². The highest BCUT2D eigenvalue weighted by molar-refractivity contribution is 6.33. The van der Waals surface area contributed by atoms with Gasteiger partial charge < -0.3 is 10.3 Å². The summed E-state index contributed by atoms with van der Waals surface area (Å²) < 4.78 is 18.8. The van der Waals surface area contributed by atoms with E-state index < -0.39 is 5.82 Å². The zero-order chi connectivity index (χ0) is 14.1. The minimum atomic E-state index is -0.531. The van der Waals surface area contributed by atoms with Crippen molar-refractivity contribution in [1.29, 1.82) is 0 Å². The van der Waals surface area contributed by atoms with Crippen molar-refractivity contribution in [2.75, 3.05) is 5.73 Å². The number of hydrogen-bond donors (Lipinski definition) is 1. The van der Waals surface area contributed by atoms with Gasteiger partial charge in [0.25, 0.3) is 0 Å². The van der Waals surface area contributed by atoms with Gasteiger partial charge in [0.2, 0.25) is 0 Å². The predicted molar refractivity (Wildman–Crippen MR) is 74.6 cm³/mol. The van der Waals surface area contributed by atoms with Crippen molar-refractivity contribution in [3.8, 4) is 22.5 Å². The Kier molecular flexibility index (Phi) is 3.12. The van der Waals surface area contributed by atoms with Crippen LogP contribution in [0.15, 0.2) is 47.2 Å². The maximum atomic E-state index is 13.6. The molecule has 6 heteroatoms. The fourth-order valence-electron chi connectivity index (χ4n) is 1.96. The first-order valence-electron chi connectivity index (χ1n) is 5.78. The van der Waals surface area contributed by atoms with Crippen LogP contribution in [0.1, 0.15) is 0 Å². The Bertz CT molecular complexity index is 758. The first-order chi connectivity index (χ1) is 9.68. The van der Waals surface area contributed by atoms with Crippen LogP contribution in [0.5, 0.6) is 0 Å². The van der Waals surface area contributed by atoms with Crippen molar-refractivity contribution in [2.45, 2.75) is 0 Å². The average molecular weight is 290 g/mol. The maximum absolute atomic E-state index is 13.6. The van der Waals surface area contributed by atoms with Crippen LogP contribution in [0.2, 0.25) is 5.02 Å². The molecule has 0 spiro atoms. The van der Waals surface area contributed by atoms with E-state index in [4.69, 9.17) is 21.9 Å². The van der Waals surface area contributed by atoms with E-state index in [1.807, 2.05) is 6.07 Å². The second-order valence-corrected chi connectivity index (χ2v) is 4.49. The molecule has 0 unspecified atom stereocenters. The van der Waals surface area contributed by atoms with Gasteiger partial charge in [-0.3, -0.25) is 4.98 Å². The Labute approximate surface area is 119 Å². The lowest BCUT2D eigenvalue weighted by atomic mass is 10.0. The SMILES string of the molecule is Nc1noc(-c2cccc(F)c2Cl)c1-c1cccnc1. The minimum Gasteiger partial charge on any atom is -0.380 e. The number of nitrogens with zero attached hydrogens (tertiary/aromatic N) is 2. The molecule has 2 heterocycles. The van der Waals surface area contributed by atoms with Gasteiger partial charge in [-0.15, -0.1) is 0 Å². The molecule has 20 heavy (non-hydrogen) atoms. The Balaban J connectivity index is 2.24. The molecule has 0 aliphatic rings. The topological polar surface area (TPSA) is 64.9 Å². The fraction of sp³-hybridized carbons (Fsp3) is 0. The summed E-state index contributed by atoms with van der Waals surface area (Å²) in [5, 5.41) is 3.70. The van der Waals surface area contributed by atoms with Gasteiger partial charge in [0.1, 0.15) is 5.82 Å². The summed E-state index contributed by atoms with van der Waals surface area (Å²) in [5.41, 5.74) is 7.50. The number of nitrogens with two attached hydrogens (primary N) is 1. The number of rotatable bonds is 2. The zero-order valence-corrected chi connectivity index (χ0v) is 10.9. The van der Waals surface area contributed by atoms with Gasteiger partial charge in [-0.05, 0) is 18.2 Å². The molecule has 1 aromatic carbocycles. The normalized spacial score (nSPS) is 10.7. The molecule has 3 aromatic rings. The van der Waals surface area contributed by atoms with Gasteiger partial charge in [-0.2, -0.15) is 0 Å². The minimum absolute atomic E-state index is 0.0335. The quantitative estimate of drug-likeness (QED) is 0.780. The molecule has 0 atom stereocenters. The summed E-state index contributed by atoms with van der Waals surface area (Å²) in [5.74, 6) is -0.00963. The van der Waals surface area contributed by atoms with Crippen molar-refractivity contribution in [1.82, 2.24) is 10.1 Å².